The lowest BCUT2D eigenvalue weighted by Gasteiger charge is -2.22. The van der Waals surface area contributed by atoms with Gasteiger partial charge in [0.15, 0.2) is 0 Å². The molecule has 0 aliphatic rings. The van der Waals surface area contributed by atoms with Crippen molar-refractivity contribution in [3.05, 3.63) is 54.6 Å². The van der Waals surface area contributed by atoms with Crippen LogP contribution in [0.5, 0.6) is 5.75 Å². The van der Waals surface area contributed by atoms with Crippen molar-refractivity contribution >= 4 is 23.6 Å². The standard InChI is InChI=1S/C19H22N2O4/c1-3-13-21(15-9-6-5-7-10-15)19(24)25-17-12-8-11-16(14-17)20(4-2)18(22)23/h5-12,14H,3-4,13H2,1-2H3,(H,22,23). The highest BCUT2D eigenvalue weighted by molar-refractivity contribution is 5.90. The molecule has 0 aliphatic heterocycles. The Kier molecular flexibility index (Phi) is 6.39. The fourth-order valence-corrected chi connectivity index (χ4v) is 2.46. The second kappa shape index (κ2) is 8.73. The van der Waals surface area contributed by atoms with Crippen molar-refractivity contribution < 1.29 is 19.4 Å². The van der Waals surface area contributed by atoms with Crippen LogP contribution in [0.15, 0.2) is 54.6 Å². The van der Waals surface area contributed by atoms with Crippen molar-refractivity contribution in [3.8, 4) is 5.75 Å². The first-order valence-electron chi connectivity index (χ1n) is 8.21. The van der Waals surface area contributed by atoms with Gasteiger partial charge in [-0.25, -0.2) is 9.59 Å². The first kappa shape index (κ1) is 18.3. The second-order valence-corrected chi connectivity index (χ2v) is 5.38. The van der Waals surface area contributed by atoms with Gasteiger partial charge in [0, 0.05) is 24.8 Å². The molecule has 0 saturated heterocycles. The van der Waals surface area contributed by atoms with Gasteiger partial charge >= 0.3 is 12.2 Å². The number of carboxylic acid groups (broad SMARTS) is 1. The van der Waals surface area contributed by atoms with Crippen molar-refractivity contribution in [2.45, 2.75) is 20.3 Å². The Labute approximate surface area is 147 Å². The fraction of sp³-hybridized carbons (Fsp3) is 0.263. The number of para-hydroxylation sites is 1. The zero-order valence-corrected chi connectivity index (χ0v) is 14.4. The maximum Gasteiger partial charge on any atom is 0.419 e. The number of carbonyl (C=O) groups is 2. The van der Waals surface area contributed by atoms with Crippen LogP contribution in [0.25, 0.3) is 0 Å². The average molecular weight is 342 g/mol. The molecule has 6 heteroatoms. The molecular weight excluding hydrogens is 320 g/mol. The Bertz CT molecular complexity index is 718. The van der Waals surface area contributed by atoms with Crippen LogP contribution in [0, 0.1) is 0 Å². The molecule has 0 unspecified atom stereocenters. The molecule has 0 bridgehead atoms. The zero-order chi connectivity index (χ0) is 18.2. The second-order valence-electron chi connectivity index (χ2n) is 5.38. The van der Waals surface area contributed by atoms with E-state index in [0.717, 1.165) is 12.1 Å². The summed E-state index contributed by atoms with van der Waals surface area (Å²) >= 11 is 0. The minimum atomic E-state index is -1.05. The molecule has 0 aromatic heterocycles. The first-order chi connectivity index (χ1) is 12.1. The number of nitrogens with zero attached hydrogens (tertiary/aromatic N) is 2. The Morgan fingerprint density at radius 2 is 1.64 bits per heavy atom. The molecule has 2 aromatic carbocycles. The van der Waals surface area contributed by atoms with Crippen LogP contribution in [0.1, 0.15) is 20.3 Å². The predicted molar refractivity (Wildman–Crippen MR) is 97.6 cm³/mol. The van der Waals surface area contributed by atoms with E-state index < -0.39 is 12.2 Å². The number of anilines is 2. The van der Waals surface area contributed by atoms with Crippen LogP contribution < -0.4 is 14.5 Å². The lowest BCUT2D eigenvalue weighted by atomic mass is 10.2. The molecule has 6 nitrogen and oxygen atoms in total. The lowest BCUT2D eigenvalue weighted by molar-refractivity contribution is 0.202. The van der Waals surface area contributed by atoms with E-state index in [4.69, 9.17) is 4.74 Å². The minimum absolute atomic E-state index is 0.304. The maximum absolute atomic E-state index is 12.6. The fourth-order valence-electron chi connectivity index (χ4n) is 2.46. The summed E-state index contributed by atoms with van der Waals surface area (Å²) < 4.78 is 5.47. The van der Waals surface area contributed by atoms with Gasteiger partial charge in [0.05, 0.1) is 5.69 Å². The molecule has 2 amide bonds. The molecule has 25 heavy (non-hydrogen) atoms. The molecule has 0 spiro atoms. The Morgan fingerprint density at radius 1 is 0.960 bits per heavy atom. The number of hydrogen-bond acceptors (Lipinski definition) is 3. The number of carbonyl (C=O) groups excluding carboxylic acids is 1. The van der Waals surface area contributed by atoms with Crippen molar-refractivity contribution in [3.63, 3.8) is 0 Å². The van der Waals surface area contributed by atoms with Gasteiger partial charge in [-0.15, -0.1) is 0 Å². The molecule has 132 valence electrons. The van der Waals surface area contributed by atoms with Crippen LogP contribution in [0.2, 0.25) is 0 Å². The van der Waals surface area contributed by atoms with E-state index in [9.17, 15) is 14.7 Å². The number of ether oxygens (including phenoxy) is 1. The lowest BCUT2D eigenvalue weighted by Crippen LogP contribution is -2.34. The van der Waals surface area contributed by atoms with Gasteiger partial charge in [0.2, 0.25) is 0 Å². The molecule has 0 aliphatic carbocycles. The van der Waals surface area contributed by atoms with Gasteiger partial charge in [-0.05, 0) is 37.6 Å². The molecule has 0 atom stereocenters. The molecule has 0 heterocycles. The van der Waals surface area contributed by atoms with Crippen LogP contribution >= 0.6 is 0 Å². The summed E-state index contributed by atoms with van der Waals surface area (Å²) in [4.78, 5) is 26.6. The summed E-state index contributed by atoms with van der Waals surface area (Å²) in [5.74, 6) is 0.305. The van der Waals surface area contributed by atoms with E-state index >= 15 is 0 Å². The van der Waals surface area contributed by atoms with Crippen molar-refractivity contribution in [2.24, 2.45) is 0 Å². The Morgan fingerprint density at radius 3 is 2.24 bits per heavy atom. The molecule has 1 N–H and O–H groups in total. The van der Waals surface area contributed by atoms with Crippen LogP contribution in [-0.4, -0.2) is 30.4 Å². The highest BCUT2D eigenvalue weighted by Gasteiger charge is 2.18. The zero-order valence-electron chi connectivity index (χ0n) is 14.4. The molecule has 2 aromatic rings. The van der Waals surface area contributed by atoms with E-state index in [2.05, 4.69) is 0 Å². The third-order valence-corrected chi connectivity index (χ3v) is 3.62. The van der Waals surface area contributed by atoms with Gasteiger partial charge in [0.25, 0.3) is 0 Å². The van der Waals surface area contributed by atoms with Gasteiger partial charge < -0.3 is 9.84 Å². The summed E-state index contributed by atoms with van der Waals surface area (Å²) in [6.45, 7) is 4.55. The predicted octanol–water partition coefficient (Wildman–Crippen LogP) is 4.61. The van der Waals surface area contributed by atoms with E-state index in [1.807, 2.05) is 37.3 Å². The van der Waals surface area contributed by atoms with Gasteiger partial charge in [0.1, 0.15) is 5.75 Å². The molecular formula is C19H22N2O4. The largest absolute Gasteiger partial charge is 0.465 e. The van der Waals surface area contributed by atoms with Crippen LogP contribution in [0.4, 0.5) is 21.0 Å². The van der Waals surface area contributed by atoms with Gasteiger partial charge in [-0.2, -0.15) is 0 Å². The Hall–Kier alpha value is -3.02. The highest BCUT2D eigenvalue weighted by Crippen LogP contribution is 2.23. The van der Waals surface area contributed by atoms with Crippen molar-refractivity contribution in [2.75, 3.05) is 22.9 Å². The summed E-state index contributed by atoms with van der Waals surface area (Å²) in [6, 6.07) is 15.8. The van der Waals surface area contributed by atoms with E-state index in [0.29, 0.717) is 24.5 Å². The van der Waals surface area contributed by atoms with Crippen molar-refractivity contribution in [1.29, 1.82) is 0 Å². The molecule has 0 radical (unpaired) electrons. The maximum atomic E-state index is 12.6. The normalized spacial score (nSPS) is 10.2. The quantitative estimate of drug-likeness (QED) is 0.832. The summed E-state index contributed by atoms with van der Waals surface area (Å²) in [6.07, 6.45) is -0.765. The highest BCUT2D eigenvalue weighted by atomic mass is 16.6. The van der Waals surface area contributed by atoms with Gasteiger partial charge in [-0.3, -0.25) is 9.80 Å². The monoisotopic (exact) mass is 342 g/mol. The van der Waals surface area contributed by atoms with Crippen LogP contribution in [0.3, 0.4) is 0 Å². The van der Waals surface area contributed by atoms with Crippen molar-refractivity contribution in [1.82, 2.24) is 0 Å². The minimum Gasteiger partial charge on any atom is -0.465 e. The topological polar surface area (TPSA) is 70.1 Å². The number of rotatable bonds is 6. The molecule has 2 rings (SSSR count). The first-order valence-corrected chi connectivity index (χ1v) is 8.21. The average Bonchev–Trinajstić information content (AvgIpc) is 2.61. The number of hydrogen-bond donors (Lipinski definition) is 1. The smallest absolute Gasteiger partial charge is 0.419 e. The number of benzene rings is 2. The number of amides is 2. The van der Waals surface area contributed by atoms with E-state index in [-0.39, 0.29) is 0 Å². The van der Waals surface area contributed by atoms with E-state index in [1.165, 1.54) is 4.90 Å². The molecule has 0 saturated carbocycles. The Balaban J connectivity index is 2.20. The third kappa shape index (κ3) is 4.73. The molecule has 0 fully saturated rings. The third-order valence-electron chi connectivity index (χ3n) is 3.62. The SMILES string of the molecule is CCCN(C(=O)Oc1cccc(N(CC)C(=O)O)c1)c1ccccc1. The van der Waals surface area contributed by atoms with E-state index in [1.54, 1.807) is 36.1 Å². The summed E-state index contributed by atoms with van der Waals surface area (Å²) in [7, 11) is 0. The van der Waals surface area contributed by atoms with Gasteiger partial charge in [-0.1, -0.05) is 31.2 Å². The summed E-state index contributed by atoms with van der Waals surface area (Å²) in [5.41, 5.74) is 1.22. The van der Waals surface area contributed by atoms with Crippen LogP contribution in [-0.2, 0) is 0 Å². The summed E-state index contributed by atoms with van der Waals surface area (Å²) in [5, 5.41) is 9.22.